The first-order chi connectivity index (χ1) is 11.8. The van der Waals surface area contributed by atoms with Gasteiger partial charge in [-0.3, -0.25) is 4.79 Å². The lowest BCUT2D eigenvalue weighted by Crippen LogP contribution is -2.70. The Kier molecular flexibility index (Phi) is 4.28. The Labute approximate surface area is 149 Å². The zero-order valence-electron chi connectivity index (χ0n) is 15.8. The van der Waals surface area contributed by atoms with Crippen LogP contribution in [-0.4, -0.2) is 35.9 Å². The van der Waals surface area contributed by atoms with Gasteiger partial charge in [0.1, 0.15) is 6.10 Å². The van der Waals surface area contributed by atoms with Crippen LogP contribution in [0.1, 0.15) is 60.3 Å². The molecule has 2 bridgehead atoms. The molecule has 0 N–H and O–H groups in total. The van der Waals surface area contributed by atoms with E-state index in [1.807, 2.05) is 6.92 Å². The summed E-state index contributed by atoms with van der Waals surface area (Å²) in [6, 6.07) is 0. The number of ether oxygens (including phenoxy) is 3. The summed E-state index contributed by atoms with van der Waals surface area (Å²) in [5, 5.41) is 0. The molecule has 142 valence electrons. The van der Waals surface area contributed by atoms with Crippen molar-refractivity contribution >= 4 is 5.78 Å². The minimum atomic E-state index is -0.783. The molecule has 1 spiro atoms. The molecule has 1 aliphatic carbocycles. The molecule has 0 radical (unpaired) electrons. The third-order valence-electron chi connectivity index (χ3n) is 7.01. The summed E-state index contributed by atoms with van der Waals surface area (Å²) in [5.41, 5.74) is -0.577. The number of hydrogen-bond donors (Lipinski definition) is 0. The fourth-order valence-corrected chi connectivity index (χ4v) is 5.32. The Morgan fingerprint density at radius 3 is 2.64 bits per heavy atom. The first kappa shape index (κ1) is 17.9. The first-order valence-electron chi connectivity index (χ1n) is 9.63. The van der Waals surface area contributed by atoms with Crippen molar-refractivity contribution < 1.29 is 28.8 Å². The fourth-order valence-electron chi connectivity index (χ4n) is 5.32. The van der Waals surface area contributed by atoms with E-state index in [1.54, 1.807) is 13.8 Å². The number of ketones is 1. The van der Waals surface area contributed by atoms with Crippen LogP contribution in [0.4, 0.5) is 0 Å². The van der Waals surface area contributed by atoms with E-state index in [0.717, 1.165) is 25.7 Å². The van der Waals surface area contributed by atoms with Crippen LogP contribution < -0.4 is 0 Å². The molecule has 5 aliphatic rings. The van der Waals surface area contributed by atoms with E-state index < -0.39 is 30.1 Å². The number of Topliss-reactive ketones (excluding diaryl/α,β-unsaturated/α-hetero) is 1. The SMILES string of the molecule is CC(=O)C(C)O[C@H]1O[C@@H]2O[C@@]3(C)CC[C@H]4[C@H](C)CC[C@@H]([C@H]1C)[C@@]24OO3. The van der Waals surface area contributed by atoms with Crippen molar-refractivity contribution in [1.82, 2.24) is 0 Å². The molecule has 0 aromatic rings. The van der Waals surface area contributed by atoms with E-state index in [1.165, 1.54) is 0 Å². The second-order valence-corrected chi connectivity index (χ2v) is 8.66. The lowest BCUT2D eigenvalue weighted by atomic mass is 9.58. The fraction of sp³-hybridized carbons (Fsp3) is 0.947. The van der Waals surface area contributed by atoms with Crippen molar-refractivity contribution in [3.63, 3.8) is 0 Å². The maximum atomic E-state index is 11.6. The van der Waals surface area contributed by atoms with Gasteiger partial charge < -0.3 is 14.2 Å². The van der Waals surface area contributed by atoms with Crippen LogP contribution in [0.5, 0.6) is 0 Å². The molecule has 6 nitrogen and oxygen atoms in total. The molecule has 6 heteroatoms. The molecule has 0 amide bonds. The van der Waals surface area contributed by atoms with Crippen molar-refractivity contribution in [2.75, 3.05) is 0 Å². The molecule has 25 heavy (non-hydrogen) atoms. The predicted molar refractivity (Wildman–Crippen MR) is 88.1 cm³/mol. The molecule has 4 saturated heterocycles. The minimum absolute atomic E-state index is 0.00100. The number of carbonyl (C=O) groups excluding carboxylic acids is 1. The molecule has 9 atom stereocenters. The summed E-state index contributed by atoms with van der Waals surface area (Å²) < 4.78 is 18.5. The number of rotatable bonds is 3. The lowest BCUT2D eigenvalue weighted by Gasteiger charge is -2.60. The molecule has 1 saturated carbocycles. The van der Waals surface area contributed by atoms with Gasteiger partial charge in [0.15, 0.2) is 24.0 Å². The molecule has 4 aliphatic heterocycles. The van der Waals surface area contributed by atoms with E-state index in [2.05, 4.69) is 13.8 Å². The highest BCUT2D eigenvalue weighted by atomic mass is 17.3. The van der Waals surface area contributed by atoms with Crippen molar-refractivity contribution in [2.45, 2.75) is 90.4 Å². The van der Waals surface area contributed by atoms with Crippen molar-refractivity contribution in [2.24, 2.45) is 23.7 Å². The van der Waals surface area contributed by atoms with Crippen LogP contribution in [-0.2, 0) is 28.8 Å². The smallest absolute Gasteiger partial charge is 0.201 e. The highest BCUT2D eigenvalue weighted by Crippen LogP contribution is 2.60. The summed E-state index contributed by atoms with van der Waals surface area (Å²) in [7, 11) is 0. The third kappa shape index (κ3) is 2.60. The number of fused-ring (bicyclic) bond motifs is 2. The van der Waals surface area contributed by atoms with E-state index in [-0.39, 0.29) is 17.6 Å². The average molecular weight is 354 g/mol. The molecule has 4 heterocycles. The van der Waals surface area contributed by atoms with Crippen LogP contribution in [0.25, 0.3) is 0 Å². The standard InChI is InChI=1S/C19H30O6/c1-10-6-7-15-11(2)16(21-13(4)12(3)20)22-17-19(15)14(10)8-9-18(5,23-17)24-25-19/h10-11,13-17H,6-9H2,1-5H3/t10-,11-,13?,14+,15+,16+,17-,18-,19-/m1/s1. The Morgan fingerprint density at radius 2 is 1.92 bits per heavy atom. The second-order valence-electron chi connectivity index (χ2n) is 8.66. The minimum Gasteiger partial charge on any atom is -0.342 e. The third-order valence-corrected chi connectivity index (χ3v) is 7.01. The highest BCUT2D eigenvalue weighted by Gasteiger charge is 2.69. The van der Waals surface area contributed by atoms with Gasteiger partial charge in [-0.05, 0) is 51.9 Å². The van der Waals surface area contributed by atoms with Gasteiger partial charge in [-0.2, -0.15) is 0 Å². The zero-order chi connectivity index (χ0) is 18.0. The van der Waals surface area contributed by atoms with Gasteiger partial charge in [-0.15, -0.1) is 0 Å². The van der Waals surface area contributed by atoms with Gasteiger partial charge in [0.2, 0.25) is 5.79 Å². The van der Waals surface area contributed by atoms with Crippen LogP contribution in [0, 0.1) is 23.7 Å². The Morgan fingerprint density at radius 1 is 1.16 bits per heavy atom. The van der Waals surface area contributed by atoms with Crippen molar-refractivity contribution in [3.8, 4) is 0 Å². The first-order valence-corrected chi connectivity index (χ1v) is 9.63. The zero-order valence-corrected chi connectivity index (χ0v) is 15.8. The molecule has 0 aromatic carbocycles. The Balaban J connectivity index is 1.68. The van der Waals surface area contributed by atoms with Gasteiger partial charge in [0.05, 0.1) is 0 Å². The predicted octanol–water partition coefficient (Wildman–Crippen LogP) is 3.19. The molecule has 5 rings (SSSR count). The van der Waals surface area contributed by atoms with Gasteiger partial charge >= 0.3 is 0 Å². The van der Waals surface area contributed by atoms with Gasteiger partial charge in [-0.25, -0.2) is 9.78 Å². The van der Waals surface area contributed by atoms with Crippen LogP contribution >= 0.6 is 0 Å². The molecule has 0 aromatic heterocycles. The average Bonchev–Trinajstić information content (AvgIpc) is 2.78. The number of hydrogen-bond acceptors (Lipinski definition) is 6. The van der Waals surface area contributed by atoms with Crippen molar-refractivity contribution in [1.29, 1.82) is 0 Å². The van der Waals surface area contributed by atoms with Gasteiger partial charge in [0, 0.05) is 18.3 Å². The largest absolute Gasteiger partial charge is 0.342 e. The Hall–Kier alpha value is -0.530. The van der Waals surface area contributed by atoms with E-state index >= 15 is 0 Å². The summed E-state index contributed by atoms with van der Waals surface area (Å²) in [6.07, 6.45) is 2.50. The molecule has 5 fully saturated rings. The number of carbonyl (C=O) groups is 1. The van der Waals surface area contributed by atoms with Gasteiger partial charge in [0.25, 0.3) is 0 Å². The lowest BCUT2D eigenvalue weighted by molar-refractivity contribution is -0.577. The topological polar surface area (TPSA) is 63.2 Å². The van der Waals surface area contributed by atoms with Crippen LogP contribution in [0.2, 0.25) is 0 Å². The summed E-state index contributed by atoms with van der Waals surface area (Å²) in [5.74, 6) is 0.419. The maximum absolute atomic E-state index is 11.6. The quantitative estimate of drug-likeness (QED) is 0.725. The second kappa shape index (κ2) is 5.99. The van der Waals surface area contributed by atoms with E-state index in [9.17, 15) is 4.79 Å². The summed E-state index contributed by atoms with van der Waals surface area (Å²) >= 11 is 0. The molecule has 1 unspecified atom stereocenters. The molecular weight excluding hydrogens is 324 g/mol. The van der Waals surface area contributed by atoms with Crippen LogP contribution in [0.3, 0.4) is 0 Å². The van der Waals surface area contributed by atoms with Crippen molar-refractivity contribution in [3.05, 3.63) is 0 Å². The highest BCUT2D eigenvalue weighted by molar-refractivity contribution is 5.79. The monoisotopic (exact) mass is 354 g/mol. The summed E-state index contributed by atoms with van der Waals surface area (Å²) in [4.78, 5) is 23.5. The van der Waals surface area contributed by atoms with Gasteiger partial charge in [-0.1, -0.05) is 13.8 Å². The van der Waals surface area contributed by atoms with Crippen LogP contribution in [0.15, 0.2) is 0 Å². The van der Waals surface area contributed by atoms with E-state index in [0.29, 0.717) is 11.8 Å². The maximum Gasteiger partial charge on any atom is 0.201 e. The normalized spacial score (nSPS) is 53.0. The molecular formula is C19H30O6. The summed E-state index contributed by atoms with van der Waals surface area (Å²) in [6.45, 7) is 9.65. The Bertz CT molecular complexity index is 552. The van der Waals surface area contributed by atoms with E-state index in [4.69, 9.17) is 24.0 Å².